The van der Waals surface area contributed by atoms with Gasteiger partial charge in [0.2, 0.25) is 15.8 Å². The van der Waals surface area contributed by atoms with E-state index >= 15 is 0 Å². The minimum atomic E-state index is -3.79. The average molecular weight is 493 g/mol. The van der Waals surface area contributed by atoms with Crippen molar-refractivity contribution in [2.24, 2.45) is 0 Å². The normalized spacial score (nSPS) is 11.6. The Labute approximate surface area is 196 Å². The summed E-state index contributed by atoms with van der Waals surface area (Å²) in [5.74, 6) is -1.87. The van der Waals surface area contributed by atoms with Crippen molar-refractivity contribution >= 4 is 33.4 Å². The van der Waals surface area contributed by atoms with Crippen LogP contribution in [0.4, 0.5) is 4.39 Å². The number of halogens is 2. The topological polar surface area (TPSA) is 85.7 Å². The van der Waals surface area contributed by atoms with Crippen LogP contribution >= 0.6 is 11.6 Å². The molecule has 0 unspecified atom stereocenters. The van der Waals surface area contributed by atoms with Crippen molar-refractivity contribution in [2.75, 3.05) is 20.7 Å². The first-order valence-corrected chi connectivity index (χ1v) is 11.6. The quantitative estimate of drug-likeness (QED) is 0.365. The fourth-order valence-corrected chi connectivity index (χ4v) is 4.49. The molecule has 0 spiro atoms. The van der Waals surface area contributed by atoms with Gasteiger partial charge < -0.3 is 9.30 Å². The molecular formula is C23H22ClFN2O5S. The molecule has 33 heavy (non-hydrogen) atoms. The number of sulfonamides is 1. The summed E-state index contributed by atoms with van der Waals surface area (Å²) >= 11 is 6.05. The Morgan fingerprint density at radius 2 is 1.73 bits per heavy atom. The molecule has 0 aliphatic rings. The second kappa shape index (κ2) is 9.46. The van der Waals surface area contributed by atoms with E-state index in [0.29, 0.717) is 17.1 Å². The Morgan fingerprint density at radius 3 is 2.36 bits per heavy atom. The average Bonchev–Trinajstić information content (AvgIpc) is 3.06. The van der Waals surface area contributed by atoms with E-state index in [1.807, 2.05) is 0 Å². The van der Waals surface area contributed by atoms with Gasteiger partial charge in [0.05, 0.1) is 21.2 Å². The predicted octanol–water partition coefficient (Wildman–Crippen LogP) is 4.18. The highest BCUT2D eigenvalue weighted by Gasteiger charge is 2.23. The summed E-state index contributed by atoms with van der Waals surface area (Å²) in [5, 5.41) is -0.0112. The third-order valence-corrected chi connectivity index (χ3v) is 7.24. The molecule has 2 aromatic carbocycles. The van der Waals surface area contributed by atoms with E-state index in [4.69, 9.17) is 16.3 Å². The van der Waals surface area contributed by atoms with E-state index in [1.165, 1.54) is 32.3 Å². The number of para-hydroxylation sites is 1. The first-order valence-electron chi connectivity index (χ1n) is 9.81. The Bertz CT molecular complexity index is 1350. The summed E-state index contributed by atoms with van der Waals surface area (Å²) in [6.07, 6.45) is 0. The number of benzene rings is 2. The number of Topliss-reactive ketones (excluding diaryl/α,β-unsaturated/α-hetero) is 1. The second-order valence-corrected chi connectivity index (χ2v) is 10.1. The highest BCUT2D eigenvalue weighted by Crippen LogP contribution is 2.25. The van der Waals surface area contributed by atoms with E-state index in [1.54, 1.807) is 42.7 Å². The van der Waals surface area contributed by atoms with Crippen molar-refractivity contribution < 1.29 is 27.1 Å². The van der Waals surface area contributed by atoms with Crippen LogP contribution in [-0.4, -0.2) is 49.7 Å². The lowest BCUT2D eigenvalue weighted by Gasteiger charge is -2.13. The lowest BCUT2D eigenvalue weighted by molar-refractivity contribution is 0.0474. The maximum Gasteiger partial charge on any atom is 0.340 e. The summed E-state index contributed by atoms with van der Waals surface area (Å²) in [7, 11) is -1.08. The molecular weight excluding hydrogens is 471 g/mol. The molecule has 0 fully saturated rings. The maximum atomic E-state index is 14.3. The number of aromatic nitrogens is 1. The lowest BCUT2D eigenvalue weighted by atomic mass is 10.1. The van der Waals surface area contributed by atoms with E-state index in [2.05, 4.69) is 0 Å². The van der Waals surface area contributed by atoms with Gasteiger partial charge in [-0.05, 0) is 50.2 Å². The lowest BCUT2D eigenvalue weighted by Crippen LogP contribution is -2.22. The van der Waals surface area contributed by atoms with Gasteiger partial charge in [-0.1, -0.05) is 23.7 Å². The summed E-state index contributed by atoms with van der Waals surface area (Å²) in [6.45, 7) is 2.81. The zero-order valence-corrected chi connectivity index (χ0v) is 20.0. The zero-order valence-electron chi connectivity index (χ0n) is 18.4. The van der Waals surface area contributed by atoms with E-state index in [9.17, 15) is 22.4 Å². The highest BCUT2D eigenvalue weighted by atomic mass is 35.5. The second-order valence-electron chi connectivity index (χ2n) is 7.50. The number of esters is 1. The van der Waals surface area contributed by atoms with E-state index < -0.39 is 34.2 Å². The molecule has 0 aliphatic heterocycles. The molecule has 1 aromatic heterocycles. The molecule has 7 nitrogen and oxygen atoms in total. The van der Waals surface area contributed by atoms with Crippen molar-refractivity contribution in [1.82, 2.24) is 8.87 Å². The predicted molar refractivity (Wildman–Crippen MR) is 122 cm³/mol. The number of rotatable bonds is 7. The number of carbonyl (C=O) groups is 2. The number of carbonyl (C=O) groups excluding carboxylic acids is 2. The molecule has 1 heterocycles. The molecule has 174 valence electrons. The van der Waals surface area contributed by atoms with Gasteiger partial charge in [0, 0.05) is 31.0 Å². The smallest absolute Gasteiger partial charge is 0.340 e. The van der Waals surface area contributed by atoms with Gasteiger partial charge in [0.25, 0.3) is 0 Å². The molecule has 0 N–H and O–H groups in total. The van der Waals surface area contributed by atoms with Crippen molar-refractivity contribution in [1.29, 1.82) is 0 Å². The van der Waals surface area contributed by atoms with Gasteiger partial charge in [-0.2, -0.15) is 0 Å². The molecule has 3 aromatic rings. The molecule has 0 atom stereocenters. The molecule has 0 saturated heterocycles. The van der Waals surface area contributed by atoms with Crippen LogP contribution in [0.15, 0.2) is 53.4 Å². The minimum Gasteiger partial charge on any atom is -0.454 e. The third kappa shape index (κ3) is 4.85. The van der Waals surface area contributed by atoms with Gasteiger partial charge in [-0.25, -0.2) is 21.9 Å². The van der Waals surface area contributed by atoms with Crippen LogP contribution in [0.2, 0.25) is 5.02 Å². The van der Waals surface area contributed by atoms with Crippen LogP contribution in [0, 0.1) is 19.7 Å². The number of ketones is 1. The van der Waals surface area contributed by atoms with E-state index in [-0.39, 0.29) is 21.0 Å². The first-order chi connectivity index (χ1) is 15.4. The van der Waals surface area contributed by atoms with E-state index in [0.717, 1.165) is 10.4 Å². The Morgan fingerprint density at radius 1 is 1.06 bits per heavy atom. The van der Waals surface area contributed by atoms with Crippen LogP contribution in [0.25, 0.3) is 5.69 Å². The first kappa shape index (κ1) is 24.6. The van der Waals surface area contributed by atoms with Gasteiger partial charge in [-0.3, -0.25) is 4.79 Å². The molecule has 0 radical (unpaired) electrons. The van der Waals surface area contributed by atoms with Crippen LogP contribution < -0.4 is 0 Å². The zero-order chi connectivity index (χ0) is 24.5. The van der Waals surface area contributed by atoms with Gasteiger partial charge in [0.1, 0.15) is 5.82 Å². The largest absolute Gasteiger partial charge is 0.454 e. The highest BCUT2D eigenvalue weighted by molar-refractivity contribution is 7.89. The fourth-order valence-electron chi connectivity index (χ4n) is 3.37. The molecule has 0 aliphatic carbocycles. The monoisotopic (exact) mass is 492 g/mol. The van der Waals surface area contributed by atoms with Gasteiger partial charge in [0.15, 0.2) is 6.61 Å². The Hall–Kier alpha value is -3.01. The maximum absolute atomic E-state index is 14.3. The third-order valence-electron chi connectivity index (χ3n) is 5.10. The van der Waals surface area contributed by atoms with Crippen molar-refractivity contribution in [3.05, 3.63) is 81.9 Å². The fraction of sp³-hybridized carbons (Fsp3) is 0.217. The standard InChI is InChI=1S/C23H22ClFN2O5S/c1-14-11-17(15(2)27(14)21-8-6-5-7-20(21)25)22(28)13-32-23(29)18-12-16(9-10-19(18)24)33(30,31)26(3)4/h5-12H,13H2,1-4H3. The van der Waals surface area contributed by atoms with Crippen molar-refractivity contribution in [3.63, 3.8) is 0 Å². The minimum absolute atomic E-state index is 0.0112. The van der Waals surface area contributed by atoms with Crippen LogP contribution in [-0.2, 0) is 14.8 Å². The Balaban J connectivity index is 1.82. The van der Waals surface area contributed by atoms with Gasteiger partial charge >= 0.3 is 5.97 Å². The number of hydrogen-bond donors (Lipinski definition) is 0. The van der Waals surface area contributed by atoms with Gasteiger partial charge in [-0.15, -0.1) is 0 Å². The van der Waals surface area contributed by atoms with Crippen LogP contribution in [0.5, 0.6) is 0 Å². The van der Waals surface area contributed by atoms with Crippen molar-refractivity contribution in [3.8, 4) is 5.69 Å². The molecule has 0 saturated carbocycles. The molecule has 10 heteroatoms. The number of ether oxygens (including phenoxy) is 1. The Kier molecular flexibility index (Phi) is 7.06. The summed E-state index contributed by atoms with van der Waals surface area (Å²) in [4.78, 5) is 25.2. The number of nitrogens with zero attached hydrogens (tertiary/aromatic N) is 2. The summed E-state index contributed by atoms with van der Waals surface area (Å²) in [5.41, 5.74) is 1.53. The SMILES string of the molecule is Cc1cc(C(=O)COC(=O)c2cc(S(=O)(=O)N(C)C)ccc2Cl)c(C)n1-c1ccccc1F. The molecule has 3 rings (SSSR count). The van der Waals surface area contributed by atoms with Crippen LogP contribution in [0.1, 0.15) is 32.1 Å². The van der Waals surface area contributed by atoms with Crippen molar-refractivity contribution in [2.45, 2.75) is 18.7 Å². The number of hydrogen-bond acceptors (Lipinski definition) is 5. The molecule has 0 bridgehead atoms. The molecule has 0 amide bonds. The van der Waals surface area contributed by atoms with Crippen LogP contribution in [0.3, 0.4) is 0 Å². The summed E-state index contributed by atoms with van der Waals surface area (Å²) in [6, 6.07) is 11.4. The summed E-state index contributed by atoms with van der Waals surface area (Å²) < 4.78 is 46.6. The number of aryl methyl sites for hydroxylation is 1.